The van der Waals surface area contributed by atoms with Gasteiger partial charge in [0.2, 0.25) is 5.88 Å². The van der Waals surface area contributed by atoms with E-state index in [0.29, 0.717) is 43.4 Å². The first-order valence-electron chi connectivity index (χ1n) is 13.8. The molecule has 4 N–H and O–H groups in total. The van der Waals surface area contributed by atoms with Crippen LogP contribution in [0.5, 0.6) is 5.88 Å². The van der Waals surface area contributed by atoms with Gasteiger partial charge in [0.05, 0.1) is 24.4 Å². The standard InChI is InChI=1S/C31H37N5O5/c1-20(2)23-9-11-25(12-10-23)34-21(3)40-30(36-32)29(37)35-26-13-14-28(33-19-26)41-27-17-24(18-27)31(38)39-16-15-22-7-5-4-6-8-22/h4-14,19-21,24,27,34H,15-18,32H2,1-3H3,(H,35,37)/b36-30-. The van der Waals surface area contributed by atoms with Crippen LogP contribution in [0.2, 0.25) is 0 Å². The first-order valence-corrected chi connectivity index (χ1v) is 13.8. The highest BCUT2D eigenvalue weighted by Crippen LogP contribution is 2.32. The molecule has 1 heterocycles. The Morgan fingerprint density at radius 2 is 1.71 bits per heavy atom. The molecule has 3 aromatic rings. The molecule has 2 aromatic carbocycles. The molecule has 0 spiro atoms. The fraction of sp³-hybridized carbons (Fsp3) is 0.355. The topological polar surface area (TPSA) is 137 Å². The van der Waals surface area contributed by atoms with Crippen molar-refractivity contribution in [3.63, 3.8) is 0 Å². The quantitative estimate of drug-likeness (QED) is 0.0758. The van der Waals surface area contributed by atoms with Crippen LogP contribution >= 0.6 is 0 Å². The molecule has 1 unspecified atom stereocenters. The van der Waals surface area contributed by atoms with Crippen LogP contribution < -0.4 is 21.2 Å². The molecule has 10 heteroatoms. The van der Waals surface area contributed by atoms with Gasteiger partial charge in [-0.2, -0.15) is 0 Å². The highest BCUT2D eigenvalue weighted by atomic mass is 16.5. The molecule has 0 aliphatic heterocycles. The SMILES string of the molecule is CC(Nc1ccc(C(C)C)cc1)O/C(=N\N)C(=O)Nc1ccc(OC2CC(C(=O)OCCc3ccccc3)C2)nc1. The van der Waals surface area contributed by atoms with Gasteiger partial charge in [0.25, 0.3) is 5.90 Å². The minimum absolute atomic E-state index is 0.116. The molecule has 1 aromatic heterocycles. The van der Waals surface area contributed by atoms with E-state index in [1.54, 1.807) is 19.1 Å². The second-order valence-corrected chi connectivity index (χ2v) is 10.3. The van der Waals surface area contributed by atoms with Crippen LogP contribution in [-0.4, -0.2) is 41.7 Å². The van der Waals surface area contributed by atoms with E-state index in [1.165, 1.54) is 11.8 Å². The Labute approximate surface area is 240 Å². The third kappa shape index (κ3) is 8.69. The lowest BCUT2D eigenvalue weighted by Crippen LogP contribution is -2.39. The number of nitrogens with two attached hydrogens (primary N) is 1. The van der Waals surface area contributed by atoms with Crippen LogP contribution in [0.4, 0.5) is 11.4 Å². The third-order valence-corrected chi connectivity index (χ3v) is 6.73. The zero-order chi connectivity index (χ0) is 29.2. The molecule has 1 aliphatic rings. The number of carbonyl (C=O) groups is 2. The summed E-state index contributed by atoms with van der Waals surface area (Å²) >= 11 is 0. The zero-order valence-electron chi connectivity index (χ0n) is 23.6. The fourth-order valence-corrected chi connectivity index (χ4v) is 4.30. The zero-order valence-corrected chi connectivity index (χ0v) is 23.6. The van der Waals surface area contributed by atoms with E-state index in [0.717, 1.165) is 11.3 Å². The molecule has 10 nitrogen and oxygen atoms in total. The Hall–Kier alpha value is -4.60. The van der Waals surface area contributed by atoms with E-state index >= 15 is 0 Å². The Balaban J connectivity index is 1.16. The van der Waals surface area contributed by atoms with Gasteiger partial charge in [0, 0.05) is 18.2 Å². The highest BCUT2D eigenvalue weighted by molar-refractivity contribution is 6.39. The van der Waals surface area contributed by atoms with Crippen LogP contribution in [0.3, 0.4) is 0 Å². The van der Waals surface area contributed by atoms with Gasteiger partial charge in [0.1, 0.15) is 6.10 Å². The van der Waals surface area contributed by atoms with E-state index in [-0.39, 0.29) is 23.9 Å². The van der Waals surface area contributed by atoms with Crippen molar-refractivity contribution in [3.05, 3.63) is 84.1 Å². The molecule has 1 aliphatic carbocycles. The number of pyridine rings is 1. The minimum atomic E-state index is -0.612. The lowest BCUT2D eigenvalue weighted by Gasteiger charge is -2.33. The van der Waals surface area contributed by atoms with E-state index in [2.05, 4.69) is 34.6 Å². The highest BCUT2D eigenvalue weighted by Gasteiger charge is 2.37. The molecule has 1 atom stereocenters. The van der Waals surface area contributed by atoms with Crippen molar-refractivity contribution in [3.8, 4) is 5.88 Å². The predicted molar refractivity (Wildman–Crippen MR) is 157 cm³/mol. The second-order valence-electron chi connectivity index (χ2n) is 10.3. The Morgan fingerprint density at radius 1 is 1.00 bits per heavy atom. The number of anilines is 2. The van der Waals surface area contributed by atoms with Crippen molar-refractivity contribution >= 4 is 29.1 Å². The average molecular weight is 560 g/mol. The van der Waals surface area contributed by atoms with E-state index in [1.807, 2.05) is 54.6 Å². The number of carbonyl (C=O) groups excluding carboxylic acids is 2. The summed E-state index contributed by atoms with van der Waals surface area (Å²) < 4.78 is 16.9. The fourth-order valence-electron chi connectivity index (χ4n) is 4.30. The van der Waals surface area contributed by atoms with Crippen molar-refractivity contribution in [1.82, 2.24) is 4.98 Å². The molecule has 0 radical (unpaired) electrons. The molecule has 0 bridgehead atoms. The molecule has 1 saturated carbocycles. The van der Waals surface area contributed by atoms with Gasteiger partial charge in [-0.15, -0.1) is 5.10 Å². The van der Waals surface area contributed by atoms with Crippen LogP contribution in [0.1, 0.15) is 50.7 Å². The number of hydrogen-bond acceptors (Lipinski definition) is 9. The van der Waals surface area contributed by atoms with Crippen molar-refractivity contribution in [2.45, 2.75) is 58.3 Å². The molecule has 1 fully saturated rings. The summed E-state index contributed by atoms with van der Waals surface area (Å²) in [4.78, 5) is 29.2. The average Bonchev–Trinajstić information content (AvgIpc) is 2.95. The van der Waals surface area contributed by atoms with Crippen LogP contribution in [0.25, 0.3) is 0 Å². The van der Waals surface area contributed by atoms with Crippen molar-refractivity contribution < 1.29 is 23.8 Å². The Bertz CT molecular complexity index is 1310. The van der Waals surface area contributed by atoms with Crippen molar-refractivity contribution in [2.75, 3.05) is 17.2 Å². The number of nitrogens with zero attached hydrogens (tertiary/aromatic N) is 2. The molecule has 4 rings (SSSR count). The lowest BCUT2D eigenvalue weighted by atomic mass is 9.82. The van der Waals surface area contributed by atoms with E-state index in [9.17, 15) is 9.59 Å². The largest absolute Gasteiger partial charge is 0.474 e. The summed E-state index contributed by atoms with van der Waals surface area (Å²) in [6.07, 6.45) is 2.63. The molecule has 0 saturated heterocycles. The van der Waals surface area contributed by atoms with Gasteiger partial charge in [-0.3, -0.25) is 9.59 Å². The normalized spacial score (nSPS) is 17.2. The summed E-state index contributed by atoms with van der Waals surface area (Å²) in [6, 6.07) is 21.2. The van der Waals surface area contributed by atoms with Gasteiger partial charge >= 0.3 is 11.9 Å². The second kappa shape index (κ2) is 14.2. The maximum Gasteiger partial charge on any atom is 0.312 e. The number of esters is 1. The Morgan fingerprint density at radius 3 is 2.34 bits per heavy atom. The summed E-state index contributed by atoms with van der Waals surface area (Å²) in [6.45, 7) is 6.37. The lowest BCUT2D eigenvalue weighted by molar-refractivity contribution is -0.154. The number of ether oxygens (including phenoxy) is 3. The van der Waals surface area contributed by atoms with Gasteiger partial charge in [-0.05, 0) is 55.0 Å². The number of hydrogen-bond donors (Lipinski definition) is 3. The van der Waals surface area contributed by atoms with Gasteiger partial charge in [-0.1, -0.05) is 56.3 Å². The summed E-state index contributed by atoms with van der Waals surface area (Å²) in [5.41, 5.74) is 3.63. The maximum atomic E-state index is 12.6. The maximum absolute atomic E-state index is 12.6. The van der Waals surface area contributed by atoms with E-state index < -0.39 is 12.1 Å². The monoisotopic (exact) mass is 559 g/mol. The van der Waals surface area contributed by atoms with E-state index in [4.69, 9.17) is 20.1 Å². The number of nitrogens with one attached hydrogen (secondary N) is 2. The number of benzene rings is 2. The Kier molecular flexibility index (Phi) is 10.1. The van der Waals surface area contributed by atoms with Gasteiger partial charge in [0.15, 0.2) is 6.23 Å². The van der Waals surface area contributed by atoms with Gasteiger partial charge in [-0.25, -0.2) is 4.98 Å². The van der Waals surface area contributed by atoms with Crippen LogP contribution in [-0.2, 0) is 25.5 Å². The predicted octanol–water partition coefficient (Wildman–Crippen LogP) is 4.83. The molecule has 41 heavy (non-hydrogen) atoms. The van der Waals surface area contributed by atoms with Crippen molar-refractivity contribution in [2.24, 2.45) is 16.9 Å². The number of rotatable bonds is 11. The third-order valence-electron chi connectivity index (χ3n) is 6.73. The summed E-state index contributed by atoms with van der Waals surface area (Å²) in [5, 5.41) is 9.31. The van der Waals surface area contributed by atoms with Crippen LogP contribution in [0, 0.1) is 5.92 Å². The van der Waals surface area contributed by atoms with Crippen LogP contribution in [0.15, 0.2) is 78.0 Å². The first kappa shape index (κ1) is 29.4. The molecule has 216 valence electrons. The minimum Gasteiger partial charge on any atom is -0.474 e. The first-order chi connectivity index (χ1) is 19.8. The number of hydrazone groups is 1. The smallest absolute Gasteiger partial charge is 0.312 e. The molecule has 1 amide bonds. The summed E-state index contributed by atoms with van der Waals surface area (Å²) in [7, 11) is 0. The van der Waals surface area contributed by atoms with Gasteiger partial charge < -0.3 is 30.7 Å². The number of aromatic nitrogens is 1. The molecular formula is C31H37N5O5. The molecular weight excluding hydrogens is 522 g/mol. The van der Waals surface area contributed by atoms with Crippen molar-refractivity contribution in [1.29, 1.82) is 0 Å². The summed E-state index contributed by atoms with van der Waals surface area (Å²) in [5.74, 6) is 5.00. The number of amides is 1.